The first kappa shape index (κ1) is 13.0. The number of benzene rings is 1. The molecule has 7 heteroatoms. The molecule has 0 atom stereocenters. The quantitative estimate of drug-likeness (QED) is 0.852. The summed E-state index contributed by atoms with van der Waals surface area (Å²) in [5, 5.41) is 0.398. The molecule has 0 saturated carbocycles. The Balaban J connectivity index is 2.53. The summed E-state index contributed by atoms with van der Waals surface area (Å²) < 4.78 is 26.0. The number of hydrogen-bond acceptors (Lipinski definition) is 3. The average Bonchev–Trinajstić information content (AvgIpc) is 2.67. The summed E-state index contributed by atoms with van der Waals surface area (Å²) in [6.45, 7) is 1.03. The Kier molecular flexibility index (Phi) is 3.54. The smallest absolute Gasteiger partial charge is 0.246 e. The predicted octanol–water partition coefficient (Wildman–Crippen LogP) is 2.36. The van der Waals surface area contributed by atoms with Crippen molar-refractivity contribution in [1.82, 2.24) is 4.31 Å². The first-order valence-corrected chi connectivity index (χ1v) is 7.37. The van der Waals surface area contributed by atoms with Gasteiger partial charge < -0.3 is 5.73 Å². The fourth-order valence-corrected chi connectivity index (χ4v) is 4.37. The fourth-order valence-electron chi connectivity index (χ4n) is 1.91. The van der Waals surface area contributed by atoms with Gasteiger partial charge >= 0.3 is 0 Å². The summed E-state index contributed by atoms with van der Waals surface area (Å²) in [6.07, 6.45) is 1.73. The van der Waals surface area contributed by atoms with Crippen molar-refractivity contribution in [2.24, 2.45) is 0 Å². The summed E-state index contributed by atoms with van der Waals surface area (Å²) >= 11 is 11.7. The minimum Gasteiger partial charge on any atom is -0.398 e. The molecule has 94 valence electrons. The molecule has 1 heterocycles. The predicted molar refractivity (Wildman–Crippen MR) is 68.9 cm³/mol. The maximum Gasteiger partial charge on any atom is 0.246 e. The van der Waals surface area contributed by atoms with Crippen LogP contribution in [0.4, 0.5) is 5.69 Å². The van der Waals surface area contributed by atoms with Crippen LogP contribution in [0, 0.1) is 0 Å². The molecule has 2 N–H and O–H groups in total. The van der Waals surface area contributed by atoms with Crippen LogP contribution in [0.3, 0.4) is 0 Å². The topological polar surface area (TPSA) is 63.4 Å². The average molecular weight is 295 g/mol. The third-order valence-corrected chi connectivity index (χ3v) is 5.34. The van der Waals surface area contributed by atoms with Crippen molar-refractivity contribution in [3.63, 3.8) is 0 Å². The molecular formula is C10H12Cl2N2O2S. The third-order valence-electron chi connectivity index (χ3n) is 2.70. The zero-order valence-corrected chi connectivity index (χ0v) is 11.3. The Hall–Kier alpha value is -0.490. The molecule has 1 aromatic carbocycles. The lowest BCUT2D eigenvalue weighted by Crippen LogP contribution is -2.28. The Morgan fingerprint density at radius 1 is 1.18 bits per heavy atom. The highest BCUT2D eigenvalue weighted by molar-refractivity contribution is 7.89. The van der Waals surface area contributed by atoms with Crippen LogP contribution in [-0.4, -0.2) is 25.8 Å². The van der Waals surface area contributed by atoms with E-state index in [0.717, 1.165) is 12.8 Å². The van der Waals surface area contributed by atoms with E-state index < -0.39 is 10.0 Å². The number of rotatable bonds is 2. The van der Waals surface area contributed by atoms with Crippen molar-refractivity contribution in [2.75, 3.05) is 18.8 Å². The number of nitrogens with zero attached hydrogens (tertiary/aromatic N) is 1. The highest BCUT2D eigenvalue weighted by Gasteiger charge is 2.31. The van der Waals surface area contributed by atoms with E-state index in [1.54, 1.807) is 0 Å². The number of nitrogen functional groups attached to an aromatic ring is 1. The monoisotopic (exact) mass is 294 g/mol. The van der Waals surface area contributed by atoms with E-state index in [0.29, 0.717) is 18.1 Å². The van der Waals surface area contributed by atoms with Gasteiger partial charge in [0, 0.05) is 18.1 Å². The third kappa shape index (κ3) is 2.38. The zero-order valence-electron chi connectivity index (χ0n) is 8.99. The molecule has 0 unspecified atom stereocenters. The molecule has 2 rings (SSSR count). The normalized spacial score (nSPS) is 17.5. The summed E-state index contributed by atoms with van der Waals surface area (Å²) in [6, 6.07) is 2.79. The number of sulfonamides is 1. The molecule has 0 amide bonds. The maximum atomic E-state index is 12.3. The summed E-state index contributed by atoms with van der Waals surface area (Å²) in [5.41, 5.74) is 5.79. The molecular weight excluding hydrogens is 283 g/mol. The molecule has 0 radical (unpaired) electrons. The lowest BCUT2D eigenvalue weighted by Gasteiger charge is -2.18. The van der Waals surface area contributed by atoms with Crippen molar-refractivity contribution in [3.8, 4) is 0 Å². The van der Waals surface area contributed by atoms with Crippen LogP contribution in [-0.2, 0) is 10.0 Å². The van der Waals surface area contributed by atoms with Crippen LogP contribution >= 0.6 is 23.2 Å². The SMILES string of the molecule is Nc1cc(Cl)cc(Cl)c1S(=O)(=O)N1CCCC1. The van der Waals surface area contributed by atoms with Crippen LogP contribution in [0.2, 0.25) is 10.0 Å². The number of hydrogen-bond donors (Lipinski definition) is 1. The molecule has 17 heavy (non-hydrogen) atoms. The molecule has 1 aliphatic rings. The Labute approximate surface area is 110 Å². The first-order chi connectivity index (χ1) is 7.93. The van der Waals surface area contributed by atoms with Gasteiger partial charge in [0.15, 0.2) is 0 Å². The molecule has 0 spiro atoms. The second-order valence-electron chi connectivity index (χ2n) is 3.92. The van der Waals surface area contributed by atoms with Gasteiger partial charge in [-0.15, -0.1) is 0 Å². The lowest BCUT2D eigenvalue weighted by molar-refractivity contribution is 0.478. The maximum absolute atomic E-state index is 12.3. The van der Waals surface area contributed by atoms with Gasteiger partial charge in [-0.25, -0.2) is 8.42 Å². The van der Waals surface area contributed by atoms with Gasteiger partial charge in [-0.05, 0) is 25.0 Å². The van der Waals surface area contributed by atoms with Gasteiger partial charge in [0.05, 0.1) is 10.7 Å². The van der Waals surface area contributed by atoms with E-state index in [9.17, 15) is 8.42 Å². The van der Waals surface area contributed by atoms with Crippen molar-refractivity contribution >= 4 is 38.9 Å². The molecule has 0 aromatic heterocycles. The molecule has 1 aromatic rings. The zero-order chi connectivity index (χ0) is 12.6. The van der Waals surface area contributed by atoms with E-state index >= 15 is 0 Å². The molecule has 0 bridgehead atoms. The fraction of sp³-hybridized carbons (Fsp3) is 0.400. The molecule has 1 aliphatic heterocycles. The second kappa shape index (κ2) is 4.65. The largest absolute Gasteiger partial charge is 0.398 e. The summed E-state index contributed by atoms with van der Waals surface area (Å²) in [5.74, 6) is 0. The Bertz CT molecular complexity index is 516. The Morgan fingerprint density at radius 3 is 2.29 bits per heavy atom. The second-order valence-corrected chi connectivity index (χ2v) is 6.64. The molecule has 4 nitrogen and oxygen atoms in total. The summed E-state index contributed by atoms with van der Waals surface area (Å²) in [4.78, 5) is -0.0366. The van der Waals surface area contributed by atoms with Crippen LogP contribution in [0.5, 0.6) is 0 Å². The highest BCUT2D eigenvalue weighted by atomic mass is 35.5. The number of nitrogens with two attached hydrogens (primary N) is 1. The van der Waals surface area contributed by atoms with Crippen LogP contribution in [0.1, 0.15) is 12.8 Å². The van der Waals surface area contributed by atoms with Crippen molar-refractivity contribution < 1.29 is 8.42 Å². The minimum atomic E-state index is -3.60. The van der Waals surface area contributed by atoms with Crippen LogP contribution in [0.25, 0.3) is 0 Å². The van der Waals surface area contributed by atoms with E-state index in [2.05, 4.69) is 0 Å². The molecule has 1 fully saturated rings. The van der Waals surface area contributed by atoms with Gasteiger partial charge in [0.1, 0.15) is 4.90 Å². The lowest BCUT2D eigenvalue weighted by atomic mass is 10.3. The van der Waals surface area contributed by atoms with Crippen molar-refractivity contribution in [3.05, 3.63) is 22.2 Å². The van der Waals surface area contributed by atoms with E-state index in [1.807, 2.05) is 0 Å². The minimum absolute atomic E-state index is 0.0366. The highest BCUT2D eigenvalue weighted by Crippen LogP contribution is 2.34. The van der Waals surface area contributed by atoms with Crippen molar-refractivity contribution in [2.45, 2.75) is 17.7 Å². The van der Waals surface area contributed by atoms with Gasteiger partial charge in [0.25, 0.3) is 0 Å². The molecule has 0 aliphatic carbocycles. The van der Waals surface area contributed by atoms with Gasteiger partial charge in [-0.1, -0.05) is 23.2 Å². The van der Waals surface area contributed by atoms with Gasteiger partial charge in [0.2, 0.25) is 10.0 Å². The van der Waals surface area contributed by atoms with Crippen LogP contribution in [0.15, 0.2) is 17.0 Å². The van der Waals surface area contributed by atoms with Gasteiger partial charge in [-0.2, -0.15) is 4.31 Å². The number of anilines is 1. The van der Waals surface area contributed by atoms with Gasteiger partial charge in [-0.3, -0.25) is 0 Å². The van der Waals surface area contributed by atoms with Crippen LogP contribution < -0.4 is 5.73 Å². The summed E-state index contributed by atoms with van der Waals surface area (Å²) in [7, 11) is -3.60. The first-order valence-electron chi connectivity index (χ1n) is 5.17. The Morgan fingerprint density at radius 2 is 1.76 bits per heavy atom. The van der Waals surface area contributed by atoms with Crippen molar-refractivity contribution in [1.29, 1.82) is 0 Å². The van der Waals surface area contributed by atoms with E-state index in [1.165, 1.54) is 16.4 Å². The number of halogens is 2. The van der Waals surface area contributed by atoms with E-state index in [-0.39, 0.29) is 15.6 Å². The molecule has 1 saturated heterocycles. The standard InChI is InChI=1S/C10H12Cl2N2O2S/c11-7-5-8(12)10(9(13)6-7)17(15,16)14-3-1-2-4-14/h5-6H,1-4,13H2. The van der Waals surface area contributed by atoms with E-state index in [4.69, 9.17) is 28.9 Å².